The number of anilines is 1. The van der Waals surface area contributed by atoms with E-state index in [4.69, 9.17) is 9.84 Å². The standard InChI is InChI=1S/C32H33FN4O3S/c1-3-4-10-19-34-27(38)20-36-28(39)21-41-31(25-13-8-9-14-26(25)33)29-30(22-11-6-5-7-12-22)35-37(32(29)36)23-15-17-24(40-2)18-16-23/h5-9,11-18,31H,3-4,10,19-21H2,1-2H3,(H,34,38). The zero-order valence-corrected chi connectivity index (χ0v) is 24.0. The molecule has 0 bridgehead atoms. The van der Waals surface area contributed by atoms with Crippen LogP contribution in [0.25, 0.3) is 16.9 Å². The van der Waals surface area contributed by atoms with E-state index in [2.05, 4.69) is 12.2 Å². The summed E-state index contributed by atoms with van der Waals surface area (Å²) in [6.07, 6.45) is 2.93. The summed E-state index contributed by atoms with van der Waals surface area (Å²) < 4.78 is 22.4. The highest BCUT2D eigenvalue weighted by molar-refractivity contribution is 8.00. The highest BCUT2D eigenvalue weighted by atomic mass is 32.2. The van der Waals surface area contributed by atoms with Gasteiger partial charge in [0, 0.05) is 23.2 Å². The van der Waals surface area contributed by atoms with Gasteiger partial charge in [0.15, 0.2) is 0 Å². The average Bonchev–Trinajstić information content (AvgIpc) is 3.33. The highest BCUT2D eigenvalue weighted by Gasteiger charge is 2.38. The molecule has 9 heteroatoms. The van der Waals surface area contributed by atoms with Crippen molar-refractivity contribution in [3.05, 3.63) is 95.8 Å². The van der Waals surface area contributed by atoms with Crippen LogP contribution in [0.2, 0.25) is 0 Å². The quantitative estimate of drug-likeness (QED) is 0.230. The zero-order valence-electron chi connectivity index (χ0n) is 23.2. The van der Waals surface area contributed by atoms with Crippen molar-refractivity contribution in [3.8, 4) is 22.7 Å². The number of carbonyl (C=O) groups excluding carboxylic acids is 2. The van der Waals surface area contributed by atoms with Gasteiger partial charge in [-0.25, -0.2) is 9.07 Å². The molecule has 4 aromatic rings. The number of thioether (sulfide) groups is 1. The minimum Gasteiger partial charge on any atom is -0.497 e. The molecule has 1 aliphatic rings. The monoisotopic (exact) mass is 572 g/mol. The minimum absolute atomic E-state index is 0.0770. The molecule has 0 fully saturated rings. The smallest absolute Gasteiger partial charge is 0.240 e. The number of hydrogen-bond acceptors (Lipinski definition) is 5. The maximum Gasteiger partial charge on any atom is 0.240 e. The second-order valence-corrected chi connectivity index (χ2v) is 10.9. The van der Waals surface area contributed by atoms with Gasteiger partial charge in [-0.3, -0.25) is 14.5 Å². The summed E-state index contributed by atoms with van der Waals surface area (Å²) in [5.41, 5.74) is 3.29. The Labute approximate surface area is 243 Å². The van der Waals surface area contributed by atoms with Crippen molar-refractivity contribution in [1.29, 1.82) is 0 Å². The van der Waals surface area contributed by atoms with E-state index in [1.807, 2.05) is 54.6 Å². The van der Waals surface area contributed by atoms with Crippen LogP contribution in [0, 0.1) is 5.82 Å². The van der Waals surface area contributed by atoms with Gasteiger partial charge in [-0.2, -0.15) is 5.10 Å². The summed E-state index contributed by atoms with van der Waals surface area (Å²) in [5.74, 6) is 0.358. The number of benzene rings is 3. The largest absolute Gasteiger partial charge is 0.497 e. The molecule has 0 spiro atoms. The first kappa shape index (κ1) is 28.4. The van der Waals surface area contributed by atoms with Gasteiger partial charge in [-0.05, 0) is 36.8 Å². The number of halogens is 1. The van der Waals surface area contributed by atoms with Crippen LogP contribution in [0.15, 0.2) is 78.9 Å². The van der Waals surface area contributed by atoms with E-state index >= 15 is 4.39 Å². The van der Waals surface area contributed by atoms with E-state index in [1.54, 1.807) is 30.0 Å². The number of nitrogens with one attached hydrogen (secondary N) is 1. The van der Waals surface area contributed by atoms with Crippen LogP contribution < -0.4 is 15.0 Å². The van der Waals surface area contributed by atoms with Crippen LogP contribution in [0.4, 0.5) is 10.2 Å². The first-order valence-corrected chi connectivity index (χ1v) is 14.8. The van der Waals surface area contributed by atoms with Gasteiger partial charge in [-0.15, -0.1) is 11.8 Å². The topological polar surface area (TPSA) is 76.5 Å². The Morgan fingerprint density at radius 2 is 1.78 bits per heavy atom. The second-order valence-electron chi connectivity index (χ2n) is 9.81. The molecular formula is C32H33FN4O3S. The van der Waals surface area contributed by atoms with E-state index in [0.717, 1.165) is 24.8 Å². The third-order valence-electron chi connectivity index (χ3n) is 7.05. The van der Waals surface area contributed by atoms with Gasteiger partial charge in [0.2, 0.25) is 11.8 Å². The Kier molecular flexibility index (Phi) is 9.04. The first-order chi connectivity index (χ1) is 20.0. The molecule has 2 amide bonds. The third kappa shape index (κ3) is 6.15. The predicted octanol–water partition coefficient (Wildman–Crippen LogP) is 6.16. The average molecular weight is 573 g/mol. The Balaban J connectivity index is 1.71. The molecule has 2 heterocycles. The molecule has 7 nitrogen and oxygen atoms in total. The molecule has 1 aromatic heterocycles. The Hall–Kier alpha value is -4.11. The van der Waals surface area contributed by atoms with Crippen LogP contribution in [0.1, 0.15) is 42.6 Å². The summed E-state index contributed by atoms with van der Waals surface area (Å²) in [6, 6.07) is 23.6. The number of carbonyl (C=O) groups is 2. The maximum atomic E-state index is 15.3. The lowest BCUT2D eigenvalue weighted by atomic mass is 9.99. The van der Waals surface area contributed by atoms with Crippen molar-refractivity contribution in [1.82, 2.24) is 15.1 Å². The molecule has 0 radical (unpaired) electrons. The molecule has 1 aliphatic heterocycles. The van der Waals surface area contributed by atoms with Crippen molar-refractivity contribution < 1.29 is 18.7 Å². The summed E-state index contributed by atoms with van der Waals surface area (Å²) >= 11 is 1.34. The van der Waals surface area contributed by atoms with Gasteiger partial charge in [-0.1, -0.05) is 68.3 Å². The molecule has 1 atom stereocenters. The summed E-state index contributed by atoms with van der Waals surface area (Å²) in [6.45, 7) is 2.48. The number of ether oxygens (including phenoxy) is 1. The molecule has 1 unspecified atom stereocenters. The van der Waals surface area contributed by atoms with E-state index in [9.17, 15) is 9.59 Å². The number of nitrogens with zero attached hydrogens (tertiary/aromatic N) is 3. The van der Waals surface area contributed by atoms with Crippen molar-refractivity contribution >= 4 is 29.4 Å². The molecule has 5 rings (SSSR count). The van der Waals surface area contributed by atoms with Gasteiger partial charge in [0.05, 0.1) is 29.5 Å². The van der Waals surface area contributed by atoms with Crippen molar-refractivity contribution in [2.45, 2.75) is 31.4 Å². The minimum atomic E-state index is -0.532. The SMILES string of the molecule is CCCCCNC(=O)CN1C(=O)CSC(c2ccccc2F)c2c(-c3ccccc3)nn(-c3ccc(OC)cc3)c21. The van der Waals surface area contributed by atoms with Crippen molar-refractivity contribution in [3.63, 3.8) is 0 Å². The number of aromatic nitrogens is 2. The fraction of sp³-hybridized carbons (Fsp3) is 0.281. The van der Waals surface area contributed by atoms with Crippen LogP contribution >= 0.6 is 11.8 Å². The van der Waals surface area contributed by atoms with Crippen molar-refractivity contribution in [2.75, 3.05) is 30.9 Å². The highest BCUT2D eigenvalue weighted by Crippen LogP contribution is 2.49. The van der Waals surface area contributed by atoms with Gasteiger partial charge in [0.25, 0.3) is 0 Å². The predicted molar refractivity (Wildman–Crippen MR) is 161 cm³/mol. The molecule has 3 aromatic carbocycles. The number of hydrogen-bond donors (Lipinski definition) is 1. The van der Waals surface area contributed by atoms with E-state index in [0.29, 0.717) is 40.6 Å². The third-order valence-corrected chi connectivity index (χ3v) is 8.28. The molecule has 0 saturated heterocycles. The maximum absolute atomic E-state index is 15.3. The number of methoxy groups -OCH3 is 1. The fourth-order valence-electron chi connectivity index (χ4n) is 4.97. The summed E-state index contributed by atoms with van der Waals surface area (Å²) in [7, 11) is 1.60. The van der Waals surface area contributed by atoms with Gasteiger partial charge in [0.1, 0.15) is 23.9 Å². The lowest BCUT2D eigenvalue weighted by Crippen LogP contribution is -2.42. The van der Waals surface area contributed by atoms with Crippen molar-refractivity contribution in [2.24, 2.45) is 0 Å². The molecular weight excluding hydrogens is 539 g/mol. The van der Waals surface area contributed by atoms with Gasteiger partial charge >= 0.3 is 0 Å². The number of amides is 2. The summed E-state index contributed by atoms with van der Waals surface area (Å²) in [4.78, 5) is 28.4. The lowest BCUT2D eigenvalue weighted by molar-refractivity contribution is -0.122. The van der Waals surface area contributed by atoms with Gasteiger partial charge < -0.3 is 10.1 Å². The fourth-order valence-corrected chi connectivity index (χ4v) is 6.19. The molecule has 41 heavy (non-hydrogen) atoms. The summed E-state index contributed by atoms with van der Waals surface area (Å²) in [5, 5.41) is 7.45. The van der Waals surface area contributed by atoms with E-state index in [1.165, 1.54) is 22.7 Å². The van der Waals surface area contributed by atoms with Crippen LogP contribution in [0.5, 0.6) is 5.75 Å². The normalized spacial score (nSPS) is 14.9. The molecule has 1 N–H and O–H groups in total. The number of unbranched alkanes of at least 4 members (excludes halogenated alkanes) is 2. The Morgan fingerprint density at radius 3 is 2.49 bits per heavy atom. The van der Waals surface area contributed by atoms with E-state index in [-0.39, 0.29) is 29.9 Å². The second kappa shape index (κ2) is 13.0. The zero-order chi connectivity index (χ0) is 28.8. The van der Waals surface area contributed by atoms with E-state index < -0.39 is 5.25 Å². The lowest BCUT2D eigenvalue weighted by Gasteiger charge is -2.23. The molecule has 0 aliphatic carbocycles. The first-order valence-electron chi connectivity index (χ1n) is 13.8. The molecule has 0 saturated carbocycles. The van der Waals surface area contributed by atoms with Crippen LogP contribution in [-0.4, -0.2) is 47.5 Å². The number of rotatable bonds is 10. The Bertz CT molecular complexity index is 1510. The van der Waals surface area contributed by atoms with Crippen LogP contribution in [0.3, 0.4) is 0 Å². The molecule has 212 valence electrons. The number of fused-ring (bicyclic) bond motifs is 1. The Morgan fingerprint density at radius 1 is 1.05 bits per heavy atom. The van der Waals surface area contributed by atoms with Crippen LogP contribution in [-0.2, 0) is 9.59 Å².